The Morgan fingerprint density at radius 2 is 0.722 bits per heavy atom. The van der Waals surface area contributed by atoms with E-state index in [1.807, 2.05) is 0 Å². The summed E-state index contributed by atoms with van der Waals surface area (Å²) in [6, 6.07) is 12.3. The fraction of sp³-hybridized carbons (Fsp3) is 0. The Kier molecular flexibility index (Phi) is 8.10. The minimum atomic E-state index is -0.0764. The van der Waals surface area contributed by atoms with Gasteiger partial charge in [-0.1, -0.05) is 24.3 Å². The number of hydrogen-bond donors (Lipinski definition) is 4. The van der Waals surface area contributed by atoms with Crippen LogP contribution in [0.5, 0.6) is 23.0 Å². The molecule has 5 nitrogen and oxygen atoms in total. The second kappa shape index (κ2) is 9.10. The van der Waals surface area contributed by atoms with Crippen molar-refractivity contribution in [2.24, 2.45) is 0 Å². The molecular formula is C12H12O5V. The molecule has 2 aromatic rings. The van der Waals surface area contributed by atoms with Crippen molar-refractivity contribution in [1.29, 1.82) is 0 Å². The monoisotopic (exact) mass is 287 g/mol. The molecule has 18 heavy (non-hydrogen) atoms. The van der Waals surface area contributed by atoms with Gasteiger partial charge in [0.05, 0.1) is 0 Å². The van der Waals surface area contributed by atoms with Crippen LogP contribution in [0.2, 0.25) is 0 Å². The Balaban J connectivity index is 0.000000283. The van der Waals surface area contributed by atoms with Gasteiger partial charge in [-0.25, -0.2) is 0 Å². The number of rotatable bonds is 0. The van der Waals surface area contributed by atoms with E-state index in [9.17, 15) is 0 Å². The van der Waals surface area contributed by atoms with Gasteiger partial charge in [-0.2, -0.15) is 0 Å². The van der Waals surface area contributed by atoms with E-state index in [0.29, 0.717) is 0 Å². The topological polar surface area (TPSA) is 98.0 Å². The van der Waals surface area contributed by atoms with Gasteiger partial charge in [-0.05, 0) is 24.3 Å². The number of phenols is 4. The second-order valence-electron chi connectivity index (χ2n) is 2.98. The van der Waals surface area contributed by atoms with E-state index in [2.05, 4.69) is 0 Å². The molecule has 0 fully saturated rings. The standard InChI is InChI=1S/2C6H6O2.O.V/c2*7-5-3-1-2-4-6(5)8;;/h2*1-4,7-8H;;. The SMILES string of the molecule is Oc1ccccc1O.Oc1ccccc1O.[O]=[V]. The van der Waals surface area contributed by atoms with Crippen molar-refractivity contribution < 1.29 is 41.5 Å². The summed E-state index contributed by atoms with van der Waals surface area (Å²) in [5, 5.41) is 34.7. The molecule has 0 aliphatic heterocycles. The minimum absolute atomic E-state index is 0.0764. The summed E-state index contributed by atoms with van der Waals surface area (Å²) in [7, 11) is 0. The molecule has 0 radical (unpaired) electrons. The van der Waals surface area contributed by atoms with Crippen LogP contribution in [0.15, 0.2) is 48.5 Å². The van der Waals surface area contributed by atoms with E-state index in [1.54, 1.807) is 24.3 Å². The third-order valence-electron chi connectivity index (χ3n) is 1.76. The molecule has 95 valence electrons. The van der Waals surface area contributed by atoms with Crippen molar-refractivity contribution in [3.63, 3.8) is 0 Å². The molecule has 0 bridgehead atoms. The molecule has 0 saturated carbocycles. The number of benzene rings is 2. The van der Waals surface area contributed by atoms with Crippen LogP contribution in [0.3, 0.4) is 0 Å². The van der Waals surface area contributed by atoms with E-state index < -0.39 is 0 Å². The Labute approximate surface area is 113 Å². The Bertz CT molecular complexity index is 390. The van der Waals surface area contributed by atoms with E-state index in [0.717, 1.165) is 17.4 Å². The fourth-order valence-corrected chi connectivity index (χ4v) is 0.928. The molecule has 0 aromatic heterocycles. The van der Waals surface area contributed by atoms with E-state index in [4.69, 9.17) is 24.1 Å². The van der Waals surface area contributed by atoms with Crippen LogP contribution in [0.25, 0.3) is 0 Å². The molecule has 0 heterocycles. The third kappa shape index (κ3) is 5.93. The molecule has 6 heteroatoms. The number of para-hydroxylation sites is 4. The summed E-state index contributed by atoms with van der Waals surface area (Å²) < 4.78 is 8.19. The summed E-state index contributed by atoms with van der Waals surface area (Å²) in [6.45, 7) is 0. The average molecular weight is 287 g/mol. The van der Waals surface area contributed by atoms with Gasteiger partial charge in [0.2, 0.25) is 0 Å². The molecule has 2 rings (SSSR count). The zero-order chi connectivity index (χ0) is 14.0. The zero-order valence-corrected chi connectivity index (χ0v) is 10.7. The molecule has 0 amide bonds. The zero-order valence-electron chi connectivity index (χ0n) is 9.26. The van der Waals surface area contributed by atoms with Gasteiger partial charge in [0.1, 0.15) is 0 Å². The van der Waals surface area contributed by atoms with Crippen molar-refractivity contribution in [3.05, 3.63) is 48.5 Å². The Hall–Kier alpha value is -1.98. The van der Waals surface area contributed by atoms with Gasteiger partial charge in [-0.15, -0.1) is 0 Å². The molecule has 0 unspecified atom stereocenters. The molecule has 0 aliphatic rings. The Morgan fingerprint density at radius 3 is 0.833 bits per heavy atom. The van der Waals surface area contributed by atoms with Crippen molar-refractivity contribution in [3.8, 4) is 23.0 Å². The maximum absolute atomic E-state index is 8.67. The van der Waals surface area contributed by atoms with Crippen LogP contribution in [0, 0.1) is 0 Å². The van der Waals surface area contributed by atoms with E-state index in [-0.39, 0.29) is 23.0 Å². The van der Waals surface area contributed by atoms with Crippen molar-refractivity contribution in [2.75, 3.05) is 0 Å². The van der Waals surface area contributed by atoms with Gasteiger partial charge >= 0.3 is 21.0 Å². The summed E-state index contributed by atoms with van der Waals surface area (Å²) in [6.07, 6.45) is 0. The predicted molar refractivity (Wildman–Crippen MR) is 60.2 cm³/mol. The molecule has 2 aromatic carbocycles. The number of hydrogen-bond acceptors (Lipinski definition) is 5. The second-order valence-corrected chi connectivity index (χ2v) is 2.98. The average Bonchev–Trinajstić information content (AvgIpc) is 2.40. The molecule has 0 aliphatic carbocycles. The summed E-state index contributed by atoms with van der Waals surface area (Å²) in [5.41, 5.74) is 0. The first-order chi connectivity index (χ1) is 8.61. The predicted octanol–water partition coefficient (Wildman–Crippen LogP) is 2.07. The van der Waals surface area contributed by atoms with Crippen LogP contribution < -0.4 is 0 Å². The van der Waals surface area contributed by atoms with Gasteiger partial charge in [0.15, 0.2) is 23.0 Å². The normalized spacial score (nSPS) is 8.17. The van der Waals surface area contributed by atoms with Gasteiger partial charge < -0.3 is 20.4 Å². The molecule has 0 saturated heterocycles. The Morgan fingerprint density at radius 1 is 0.556 bits per heavy atom. The molecule has 0 spiro atoms. The van der Waals surface area contributed by atoms with Crippen LogP contribution in [-0.4, -0.2) is 20.4 Å². The van der Waals surface area contributed by atoms with Crippen LogP contribution in [-0.2, 0) is 21.0 Å². The van der Waals surface area contributed by atoms with Gasteiger partial charge in [0, 0.05) is 0 Å². The van der Waals surface area contributed by atoms with Gasteiger partial charge in [0.25, 0.3) is 0 Å². The van der Waals surface area contributed by atoms with Crippen LogP contribution in [0.4, 0.5) is 0 Å². The van der Waals surface area contributed by atoms with E-state index in [1.165, 1.54) is 24.3 Å². The van der Waals surface area contributed by atoms with E-state index >= 15 is 0 Å². The fourth-order valence-electron chi connectivity index (χ4n) is 0.928. The number of phenolic OH excluding ortho intramolecular Hbond substituents is 4. The van der Waals surface area contributed by atoms with Crippen LogP contribution >= 0.6 is 0 Å². The maximum atomic E-state index is 8.67. The summed E-state index contributed by atoms with van der Waals surface area (Å²) in [4.78, 5) is 0. The van der Waals surface area contributed by atoms with Crippen molar-refractivity contribution >= 4 is 0 Å². The molecular weight excluding hydrogens is 275 g/mol. The van der Waals surface area contributed by atoms with Gasteiger partial charge in [-0.3, -0.25) is 0 Å². The quantitative estimate of drug-likeness (QED) is 0.556. The van der Waals surface area contributed by atoms with Crippen molar-refractivity contribution in [1.82, 2.24) is 0 Å². The number of aromatic hydroxyl groups is 4. The van der Waals surface area contributed by atoms with Crippen LogP contribution in [0.1, 0.15) is 0 Å². The first-order valence-electron chi connectivity index (χ1n) is 4.73. The summed E-state index contributed by atoms with van der Waals surface area (Å²) >= 11 is 1.06. The first-order valence-corrected chi connectivity index (χ1v) is 5.30. The summed E-state index contributed by atoms with van der Waals surface area (Å²) in [5.74, 6) is -0.306. The van der Waals surface area contributed by atoms with Crippen molar-refractivity contribution in [2.45, 2.75) is 0 Å². The molecule has 4 N–H and O–H groups in total. The third-order valence-corrected chi connectivity index (χ3v) is 1.76. The molecule has 0 atom stereocenters. The first kappa shape index (κ1) is 16.0.